The van der Waals surface area contributed by atoms with Crippen LogP contribution < -0.4 is 10.0 Å². The van der Waals surface area contributed by atoms with Crippen molar-refractivity contribution in [3.05, 3.63) is 76.2 Å². The second-order valence-electron chi connectivity index (χ2n) is 7.55. The fourth-order valence-electron chi connectivity index (χ4n) is 3.82. The Bertz CT molecular complexity index is 1280. The SMILES string of the molecule is CCOC(=O)c1c(NC(=O)c2ccccc2NS(=O)(=O)c2ccccc2)sc2c1CCCC2. The highest BCUT2D eigenvalue weighted by Crippen LogP contribution is 2.39. The van der Waals surface area contributed by atoms with Crippen LogP contribution in [-0.2, 0) is 27.6 Å². The summed E-state index contributed by atoms with van der Waals surface area (Å²) in [5.74, 6) is -0.962. The maximum atomic E-state index is 13.2. The van der Waals surface area contributed by atoms with Crippen molar-refractivity contribution in [3.8, 4) is 0 Å². The third-order valence-electron chi connectivity index (χ3n) is 5.35. The van der Waals surface area contributed by atoms with Crippen molar-refractivity contribution in [1.82, 2.24) is 0 Å². The van der Waals surface area contributed by atoms with E-state index < -0.39 is 21.9 Å². The van der Waals surface area contributed by atoms with Gasteiger partial charge in [-0.25, -0.2) is 13.2 Å². The molecule has 1 aliphatic rings. The van der Waals surface area contributed by atoms with Gasteiger partial charge < -0.3 is 10.1 Å². The van der Waals surface area contributed by atoms with Crippen molar-refractivity contribution in [2.75, 3.05) is 16.6 Å². The molecule has 172 valence electrons. The molecule has 0 saturated heterocycles. The van der Waals surface area contributed by atoms with Crippen molar-refractivity contribution in [2.24, 2.45) is 0 Å². The fraction of sp³-hybridized carbons (Fsp3) is 0.250. The molecule has 1 heterocycles. The van der Waals surface area contributed by atoms with E-state index in [2.05, 4.69) is 10.0 Å². The Labute approximate surface area is 196 Å². The first-order chi connectivity index (χ1) is 15.9. The van der Waals surface area contributed by atoms with Crippen molar-refractivity contribution in [3.63, 3.8) is 0 Å². The first-order valence-corrected chi connectivity index (χ1v) is 13.0. The molecule has 33 heavy (non-hydrogen) atoms. The Morgan fingerprint density at radius 1 is 1.00 bits per heavy atom. The number of benzene rings is 2. The largest absolute Gasteiger partial charge is 0.462 e. The molecule has 0 spiro atoms. The van der Waals surface area contributed by atoms with Gasteiger partial charge in [-0.1, -0.05) is 30.3 Å². The number of esters is 1. The first-order valence-electron chi connectivity index (χ1n) is 10.7. The predicted molar refractivity (Wildman–Crippen MR) is 129 cm³/mol. The Morgan fingerprint density at radius 2 is 1.70 bits per heavy atom. The standard InChI is InChI=1S/C24H24N2O5S2/c1-2-31-24(28)21-18-13-7-9-15-20(18)32-23(21)25-22(27)17-12-6-8-14-19(17)26-33(29,30)16-10-4-3-5-11-16/h3-6,8,10-12,14,26H,2,7,9,13,15H2,1H3,(H,25,27). The summed E-state index contributed by atoms with van der Waals surface area (Å²) in [5, 5.41) is 3.27. The van der Waals surface area contributed by atoms with Gasteiger partial charge >= 0.3 is 5.97 Å². The summed E-state index contributed by atoms with van der Waals surface area (Å²) in [6.45, 7) is 1.98. The van der Waals surface area contributed by atoms with E-state index in [4.69, 9.17) is 4.74 Å². The van der Waals surface area contributed by atoms with Gasteiger partial charge in [0, 0.05) is 4.88 Å². The molecule has 2 N–H and O–H groups in total. The maximum absolute atomic E-state index is 13.2. The molecule has 3 aromatic rings. The number of hydrogen-bond acceptors (Lipinski definition) is 6. The Morgan fingerprint density at radius 3 is 2.45 bits per heavy atom. The number of para-hydroxylation sites is 1. The van der Waals surface area contributed by atoms with Crippen LogP contribution in [0.5, 0.6) is 0 Å². The molecule has 0 radical (unpaired) electrons. The highest BCUT2D eigenvalue weighted by Gasteiger charge is 2.28. The quantitative estimate of drug-likeness (QED) is 0.467. The molecule has 7 nitrogen and oxygen atoms in total. The normalized spacial score (nSPS) is 13.1. The molecule has 9 heteroatoms. The van der Waals surface area contributed by atoms with Crippen LogP contribution in [0.25, 0.3) is 0 Å². The molecule has 1 amide bonds. The van der Waals surface area contributed by atoms with E-state index in [0.717, 1.165) is 36.1 Å². The second-order valence-corrected chi connectivity index (χ2v) is 10.3. The van der Waals surface area contributed by atoms with E-state index in [9.17, 15) is 18.0 Å². The number of carbonyl (C=O) groups is 2. The number of rotatable bonds is 7. The van der Waals surface area contributed by atoms with E-state index in [-0.39, 0.29) is 22.8 Å². The molecule has 0 unspecified atom stereocenters. The number of hydrogen-bond donors (Lipinski definition) is 2. The van der Waals surface area contributed by atoms with E-state index in [1.54, 1.807) is 37.3 Å². The Balaban J connectivity index is 1.64. The lowest BCUT2D eigenvalue weighted by Gasteiger charge is -2.13. The monoisotopic (exact) mass is 484 g/mol. The van der Waals surface area contributed by atoms with Gasteiger partial charge in [-0.2, -0.15) is 0 Å². The molecule has 1 aromatic heterocycles. The smallest absolute Gasteiger partial charge is 0.341 e. The Hall–Kier alpha value is -3.17. The number of aryl methyl sites for hydroxylation is 1. The van der Waals surface area contributed by atoms with Crippen molar-refractivity contribution in [2.45, 2.75) is 37.5 Å². The van der Waals surface area contributed by atoms with E-state index in [0.29, 0.717) is 10.6 Å². The third kappa shape index (κ3) is 4.94. The zero-order valence-corrected chi connectivity index (χ0v) is 19.7. The first kappa shape index (κ1) is 23.0. The lowest BCUT2D eigenvalue weighted by atomic mass is 9.95. The average molecular weight is 485 g/mol. The number of ether oxygens (including phenoxy) is 1. The van der Waals surface area contributed by atoms with Gasteiger partial charge in [0.2, 0.25) is 0 Å². The molecule has 0 atom stereocenters. The summed E-state index contributed by atoms with van der Waals surface area (Å²) in [4.78, 5) is 27.1. The minimum absolute atomic E-state index is 0.0933. The van der Waals surface area contributed by atoms with E-state index in [1.807, 2.05) is 0 Å². The summed E-state index contributed by atoms with van der Waals surface area (Å²) in [6.07, 6.45) is 3.64. The van der Waals surface area contributed by atoms with Crippen LogP contribution in [0.15, 0.2) is 59.5 Å². The molecular weight excluding hydrogens is 460 g/mol. The Kier molecular flexibility index (Phi) is 6.80. The molecular formula is C24H24N2O5S2. The number of thiophene rings is 1. The van der Waals surface area contributed by atoms with Crippen LogP contribution in [0.2, 0.25) is 0 Å². The molecule has 0 fully saturated rings. The van der Waals surface area contributed by atoms with Gasteiger partial charge in [0.15, 0.2) is 0 Å². The molecule has 4 rings (SSSR count). The number of fused-ring (bicyclic) bond motifs is 1. The number of anilines is 2. The van der Waals surface area contributed by atoms with Gasteiger partial charge in [0.25, 0.3) is 15.9 Å². The molecule has 0 aliphatic heterocycles. The zero-order valence-electron chi connectivity index (χ0n) is 18.1. The molecule has 0 bridgehead atoms. The zero-order chi connectivity index (χ0) is 23.4. The van der Waals surface area contributed by atoms with Crippen LogP contribution in [0.4, 0.5) is 10.7 Å². The summed E-state index contributed by atoms with van der Waals surface area (Å²) in [6, 6.07) is 14.3. The predicted octanol–water partition coefficient (Wildman–Crippen LogP) is 4.86. The summed E-state index contributed by atoms with van der Waals surface area (Å²) >= 11 is 1.38. The van der Waals surface area contributed by atoms with Crippen LogP contribution in [0, 0.1) is 0 Å². The van der Waals surface area contributed by atoms with Gasteiger partial charge in [0.1, 0.15) is 5.00 Å². The topological polar surface area (TPSA) is 102 Å². The fourth-order valence-corrected chi connectivity index (χ4v) is 6.19. The van der Waals surface area contributed by atoms with Crippen LogP contribution in [0.3, 0.4) is 0 Å². The molecule has 1 aliphatic carbocycles. The minimum atomic E-state index is -3.87. The van der Waals surface area contributed by atoms with Gasteiger partial charge in [0.05, 0.1) is 28.3 Å². The van der Waals surface area contributed by atoms with E-state index in [1.165, 1.54) is 35.6 Å². The van der Waals surface area contributed by atoms with Gasteiger partial charge in [-0.3, -0.25) is 9.52 Å². The highest BCUT2D eigenvalue weighted by atomic mass is 32.2. The molecule has 0 saturated carbocycles. The number of carbonyl (C=O) groups excluding carboxylic acids is 2. The lowest BCUT2D eigenvalue weighted by Crippen LogP contribution is -2.19. The van der Waals surface area contributed by atoms with E-state index >= 15 is 0 Å². The van der Waals surface area contributed by atoms with Crippen LogP contribution in [0.1, 0.15) is 50.9 Å². The lowest BCUT2D eigenvalue weighted by molar-refractivity contribution is 0.0526. The summed E-state index contributed by atoms with van der Waals surface area (Å²) in [5.41, 5.74) is 1.65. The van der Waals surface area contributed by atoms with Crippen molar-refractivity contribution >= 4 is 43.9 Å². The number of nitrogens with one attached hydrogen (secondary N) is 2. The molecule has 2 aromatic carbocycles. The van der Waals surface area contributed by atoms with Crippen molar-refractivity contribution < 1.29 is 22.7 Å². The third-order valence-corrected chi connectivity index (χ3v) is 7.94. The van der Waals surface area contributed by atoms with Gasteiger partial charge in [-0.05, 0) is 62.4 Å². The van der Waals surface area contributed by atoms with Crippen LogP contribution in [-0.4, -0.2) is 26.9 Å². The summed E-state index contributed by atoms with van der Waals surface area (Å²) in [7, 11) is -3.87. The average Bonchev–Trinajstić information content (AvgIpc) is 3.17. The second kappa shape index (κ2) is 9.76. The van der Waals surface area contributed by atoms with Crippen molar-refractivity contribution in [1.29, 1.82) is 0 Å². The number of sulfonamides is 1. The highest BCUT2D eigenvalue weighted by molar-refractivity contribution is 7.92. The van der Waals surface area contributed by atoms with Gasteiger partial charge in [-0.15, -0.1) is 11.3 Å². The number of amides is 1. The summed E-state index contributed by atoms with van der Waals surface area (Å²) < 4.78 is 33.3. The maximum Gasteiger partial charge on any atom is 0.341 e. The van der Waals surface area contributed by atoms with Crippen LogP contribution >= 0.6 is 11.3 Å². The minimum Gasteiger partial charge on any atom is -0.462 e.